The van der Waals surface area contributed by atoms with Gasteiger partial charge in [0.05, 0.1) is 5.56 Å². The van der Waals surface area contributed by atoms with Crippen LogP contribution in [0.15, 0.2) is 30.3 Å². The number of benzene rings is 2. The first-order valence-electron chi connectivity index (χ1n) is 9.56. The van der Waals surface area contributed by atoms with Gasteiger partial charge in [0.15, 0.2) is 23.2 Å². The molecular formula is C22H18F8O. The van der Waals surface area contributed by atoms with Crippen molar-refractivity contribution in [1.82, 2.24) is 0 Å². The topological polar surface area (TPSA) is 9.23 Å². The van der Waals surface area contributed by atoms with E-state index in [-0.39, 0.29) is 12.0 Å². The van der Waals surface area contributed by atoms with Crippen LogP contribution in [0.25, 0.3) is 11.7 Å². The third-order valence-electron chi connectivity index (χ3n) is 5.37. The Morgan fingerprint density at radius 2 is 1.42 bits per heavy atom. The maximum Gasteiger partial charge on any atom is 0.573 e. The van der Waals surface area contributed by atoms with Gasteiger partial charge in [-0.2, -0.15) is 0 Å². The van der Waals surface area contributed by atoms with Gasteiger partial charge in [-0.15, -0.1) is 13.2 Å². The maximum atomic E-state index is 14.6. The van der Waals surface area contributed by atoms with E-state index >= 15 is 0 Å². The average Bonchev–Trinajstić information content (AvgIpc) is 2.68. The molecule has 1 fully saturated rings. The molecule has 0 bridgehead atoms. The Kier molecular flexibility index (Phi) is 6.62. The van der Waals surface area contributed by atoms with E-state index in [2.05, 4.69) is 11.7 Å². The lowest BCUT2D eigenvalue weighted by Gasteiger charge is -2.26. The first-order chi connectivity index (χ1) is 14.5. The molecule has 0 heterocycles. The summed E-state index contributed by atoms with van der Waals surface area (Å²) in [6, 6.07) is 3.18. The third kappa shape index (κ3) is 5.37. The zero-order valence-electron chi connectivity index (χ0n) is 16.3. The summed E-state index contributed by atoms with van der Waals surface area (Å²) >= 11 is 0. The molecule has 0 amide bonds. The van der Waals surface area contributed by atoms with Crippen molar-refractivity contribution >= 4 is 11.7 Å². The van der Waals surface area contributed by atoms with Crippen molar-refractivity contribution < 1.29 is 39.9 Å². The van der Waals surface area contributed by atoms with Gasteiger partial charge >= 0.3 is 6.36 Å². The second-order valence-electron chi connectivity index (χ2n) is 7.64. The van der Waals surface area contributed by atoms with Gasteiger partial charge in [0.25, 0.3) is 0 Å². The zero-order valence-corrected chi connectivity index (χ0v) is 16.3. The molecule has 0 spiro atoms. The molecule has 0 aliphatic heterocycles. The van der Waals surface area contributed by atoms with Crippen LogP contribution in [-0.4, -0.2) is 6.36 Å². The summed E-state index contributed by atoms with van der Waals surface area (Å²) in [4.78, 5) is 0. The molecule has 3 rings (SSSR count). The van der Waals surface area contributed by atoms with E-state index in [4.69, 9.17) is 0 Å². The molecule has 0 atom stereocenters. The first kappa shape index (κ1) is 23.1. The molecule has 2 aromatic rings. The predicted octanol–water partition coefficient (Wildman–Crippen LogP) is 8.06. The van der Waals surface area contributed by atoms with Gasteiger partial charge in [-0.05, 0) is 60.6 Å². The van der Waals surface area contributed by atoms with Crippen LogP contribution in [-0.2, 0) is 0 Å². The molecule has 2 aromatic carbocycles. The van der Waals surface area contributed by atoms with Crippen LogP contribution >= 0.6 is 0 Å². The fraction of sp³-hybridized carbons (Fsp3) is 0.364. The monoisotopic (exact) mass is 450 g/mol. The highest BCUT2D eigenvalue weighted by Crippen LogP contribution is 2.39. The Hall–Kier alpha value is -2.58. The van der Waals surface area contributed by atoms with Crippen LogP contribution < -0.4 is 4.74 Å². The van der Waals surface area contributed by atoms with Crippen molar-refractivity contribution in [2.24, 2.45) is 5.92 Å². The summed E-state index contributed by atoms with van der Waals surface area (Å²) < 4.78 is 112. The summed E-state index contributed by atoms with van der Waals surface area (Å²) in [5.41, 5.74) is -1.76. The van der Waals surface area contributed by atoms with Gasteiger partial charge in [-0.1, -0.05) is 19.8 Å². The molecule has 0 unspecified atom stereocenters. The fourth-order valence-corrected chi connectivity index (χ4v) is 3.71. The van der Waals surface area contributed by atoms with E-state index in [0.29, 0.717) is 23.6 Å². The second-order valence-corrected chi connectivity index (χ2v) is 7.64. The summed E-state index contributed by atoms with van der Waals surface area (Å²) in [5, 5.41) is 0. The van der Waals surface area contributed by atoms with E-state index in [1.54, 1.807) is 0 Å². The van der Waals surface area contributed by atoms with Crippen molar-refractivity contribution in [3.05, 3.63) is 64.5 Å². The Bertz CT molecular complexity index is 964. The number of rotatable bonds is 4. The number of hydrogen-bond donors (Lipinski definition) is 0. The van der Waals surface area contributed by atoms with Crippen LogP contribution in [0.2, 0.25) is 0 Å². The standard InChI is InChI=1S/C22H18F8O/c1-11-2-4-12(5-3-11)14-9-16(24)19(17(25)10-14)21(27)20(26)13-6-7-18(15(23)8-13)31-22(28,29)30/h6-12H,2-5H2,1H3/b21-20+. The molecule has 31 heavy (non-hydrogen) atoms. The van der Waals surface area contributed by atoms with Gasteiger partial charge in [0.2, 0.25) is 0 Å². The smallest absolute Gasteiger partial charge is 0.403 e. The van der Waals surface area contributed by atoms with Crippen molar-refractivity contribution in [1.29, 1.82) is 0 Å². The molecular weight excluding hydrogens is 432 g/mol. The molecule has 1 aliphatic rings. The Labute approximate surface area is 173 Å². The van der Waals surface area contributed by atoms with Gasteiger partial charge in [0.1, 0.15) is 11.6 Å². The van der Waals surface area contributed by atoms with E-state index in [1.807, 2.05) is 0 Å². The Balaban J connectivity index is 1.92. The van der Waals surface area contributed by atoms with Gasteiger partial charge in [0, 0.05) is 5.56 Å². The molecule has 9 heteroatoms. The van der Waals surface area contributed by atoms with Crippen molar-refractivity contribution in [2.45, 2.75) is 44.9 Å². The molecule has 1 nitrogen and oxygen atoms in total. The van der Waals surface area contributed by atoms with E-state index in [0.717, 1.165) is 37.8 Å². The molecule has 1 saturated carbocycles. The SMILES string of the molecule is CC1CCC(c2cc(F)c(/C(F)=C(\F)c3ccc(OC(F)(F)F)c(F)c3)c(F)c2)CC1. The van der Waals surface area contributed by atoms with Gasteiger partial charge in [-0.25, -0.2) is 22.0 Å². The zero-order chi connectivity index (χ0) is 22.9. The second kappa shape index (κ2) is 8.88. The van der Waals surface area contributed by atoms with Gasteiger partial charge < -0.3 is 4.74 Å². The molecule has 0 radical (unpaired) electrons. The summed E-state index contributed by atoms with van der Waals surface area (Å²) in [6.45, 7) is 2.08. The number of ether oxygens (including phenoxy) is 1. The van der Waals surface area contributed by atoms with E-state index < -0.39 is 52.3 Å². The number of halogens is 8. The largest absolute Gasteiger partial charge is 0.573 e. The lowest BCUT2D eigenvalue weighted by atomic mass is 9.79. The van der Waals surface area contributed by atoms with E-state index in [1.165, 1.54) is 0 Å². The fourth-order valence-electron chi connectivity index (χ4n) is 3.71. The van der Waals surface area contributed by atoms with Gasteiger partial charge in [-0.3, -0.25) is 0 Å². The maximum absolute atomic E-state index is 14.6. The highest BCUT2D eigenvalue weighted by molar-refractivity contribution is 5.83. The molecule has 0 N–H and O–H groups in total. The molecule has 0 aromatic heterocycles. The van der Waals surface area contributed by atoms with Crippen LogP contribution in [0.5, 0.6) is 5.75 Å². The van der Waals surface area contributed by atoms with Crippen LogP contribution in [0.1, 0.15) is 55.2 Å². The molecule has 1 aliphatic carbocycles. The molecule has 0 saturated heterocycles. The number of hydrogen-bond acceptors (Lipinski definition) is 1. The van der Waals surface area contributed by atoms with E-state index in [9.17, 15) is 35.1 Å². The van der Waals surface area contributed by atoms with Crippen LogP contribution in [0.3, 0.4) is 0 Å². The summed E-state index contributed by atoms with van der Waals surface area (Å²) in [6.07, 6.45) is -1.97. The minimum Gasteiger partial charge on any atom is -0.403 e. The van der Waals surface area contributed by atoms with Crippen LogP contribution in [0.4, 0.5) is 35.1 Å². The van der Waals surface area contributed by atoms with Crippen LogP contribution in [0, 0.1) is 23.4 Å². The van der Waals surface area contributed by atoms with Crippen molar-refractivity contribution in [3.63, 3.8) is 0 Å². The highest BCUT2D eigenvalue weighted by Gasteiger charge is 2.32. The summed E-state index contributed by atoms with van der Waals surface area (Å²) in [5.74, 6) is -8.86. The lowest BCUT2D eigenvalue weighted by molar-refractivity contribution is -0.275. The number of alkyl halides is 3. The lowest BCUT2D eigenvalue weighted by Crippen LogP contribution is -2.17. The average molecular weight is 450 g/mol. The first-order valence-corrected chi connectivity index (χ1v) is 9.56. The third-order valence-corrected chi connectivity index (χ3v) is 5.37. The molecule has 168 valence electrons. The quantitative estimate of drug-likeness (QED) is 0.338. The predicted molar refractivity (Wildman–Crippen MR) is 98.8 cm³/mol. The highest BCUT2D eigenvalue weighted by atomic mass is 19.4. The summed E-state index contributed by atoms with van der Waals surface area (Å²) in [7, 11) is 0. The minimum atomic E-state index is -5.19. The Morgan fingerprint density at radius 3 is 1.94 bits per heavy atom. The van der Waals surface area contributed by atoms with Crippen molar-refractivity contribution in [3.8, 4) is 5.75 Å². The van der Waals surface area contributed by atoms with Crippen molar-refractivity contribution in [2.75, 3.05) is 0 Å². The Morgan fingerprint density at radius 1 is 0.839 bits per heavy atom. The normalized spacial score (nSPS) is 20.4. The minimum absolute atomic E-state index is 0.0959.